The van der Waals surface area contributed by atoms with Crippen LogP contribution < -0.4 is 10.1 Å². The first-order chi connectivity index (χ1) is 12.6. The molecule has 2 aromatic rings. The van der Waals surface area contributed by atoms with Crippen molar-refractivity contribution in [2.75, 3.05) is 18.5 Å². The number of amides is 2. The van der Waals surface area contributed by atoms with Gasteiger partial charge in [-0.05, 0) is 37.1 Å². The van der Waals surface area contributed by atoms with Gasteiger partial charge in [-0.1, -0.05) is 18.9 Å². The fourth-order valence-corrected chi connectivity index (χ4v) is 3.92. The smallest absolute Gasteiger partial charge is 0.262 e. The first-order valence-electron chi connectivity index (χ1n) is 9.13. The molecule has 0 spiro atoms. The van der Waals surface area contributed by atoms with Gasteiger partial charge in [-0.2, -0.15) is 0 Å². The molecular formula is C20H23N3O3. The van der Waals surface area contributed by atoms with Crippen LogP contribution in [0.1, 0.15) is 47.8 Å². The number of carbonyl (C=O) groups is 2. The molecule has 0 radical (unpaired) electrons. The first kappa shape index (κ1) is 16.7. The number of hydrogen-bond donors (Lipinski definition) is 1. The Labute approximate surface area is 152 Å². The van der Waals surface area contributed by atoms with Crippen LogP contribution in [-0.4, -0.2) is 34.4 Å². The number of likely N-dealkylation sites (tertiary alicyclic amines) is 1. The molecule has 6 nitrogen and oxygen atoms in total. The largest absolute Gasteiger partial charge is 0.481 e. The Bertz CT molecular complexity index is 843. The van der Waals surface area contributed by atoms with E-state index in [2.05, 4.69) is 16.0 Å². The predicted octanol–water partition coefficient (Wildman–Crippen LogP) is 3.11. The molecular weight excluding hydrogens is 330 g/mol. The highest BCUT2D eigenvalue weighted by molar-refractivity contribution is 6.03. The molecule has 0 saturated carbocycles. The van der Waals surface area contributed by atoms with Crippen LogP contribution in [0.3, 0.4) is 0 Å². The molecule has 1 N–H and O–H groups in total. The van der Waals surface area contributed by atoms with Gasteiger partial charge in [-0.15, -0.1) is 0 Å². The zero-order valence-electron chi connectivity index (χ0n) is 14.9. The summed E-state index contributed by atoms with van der Waals surface area (Å²) in [6, 6.07) is 9.50. The number of hydrogen-bond acceptors (Lipinski definition) is 3. The van der Waals surface area contributed by atoms with Gasteiger partial charge < -0.3 is 19.5 Å². The second-order valence-corrected chi connectivity index (χ2v) is 6.93. The summed E-state index contributed by atoms with van der Waals surface area (Å²) < 4.78 is 7.69. The third-order valence-corrected chi connectivity index (χ3v) is 5.21. The minimum absolute atomic E-state index is 0.0360. The van der Waals surface area contributed by atoms with E-state index in [-0.39, 0.29) is 24.5 Å². The number of aryl methyl sites for hydroxylation is 1. The van der Waals surface area contributed by atoms with Crippen LogP contribution in [0.25, 0.3) is 0 Å². The van der Waals surface area contributed by atoms with Gasteiger partial charge in [-0.25, -0.2) is 0 Å². The quantitative estimate of drug-likeness (QED) is 0.902. The van der Waals surface area contributed by atoms with E-state index in [9.17, 15) is 9.59 Å². The molecule has 0 bridgehead atoms. The molecule has 1 saturated heterocycles. The van der Waals surface area contributed by atoms with Crippen molar-refractivity contribution in [3.63, 3.8) is 0 Å². The van der Waals surface area contributed by atoms with Crippen LogP contribution in [0.15, 0.2) is 36.5 Å². The van der Waals surface area contributed by atoms with Crippen molar-refractivity contribution in [3.05, 3.63) is 47.8 Å². The Kier molecular flexibility index (Phi) is 4.41. The summed E-state index contributed by atoms with van der Waals surface area (Å²) in [4.78, 5) is 27.0. The number of nitrogens with one attached hydrogen (secondary N) is 1. The average Bonchev–Trinajstić information content (AvgIpc) is 2.92. The molecule has 1 aromatic heterocycles. The number of benzene rings is 1. The van der Waals surface area contributed by atoms with Crippen LogP contribution in [0.5, 0.6) is 5.75 Å². The van der Waals surface area contributed by atoms with E-state index in [0.717, 1.165) is 37.9 Å². The zero-order valence-corrected chi connectivity index (χ0v) is 14.9. The fraction of sp³-hybridized carbons (Fsp3) is 0.400. The second-order valence-electron chi connectivity index (χ2n) is 6.93. The molecule has 1 fully saturated rings. The summed E-state index contributed by atoms with van der Waals surface area (Å²) in [5.41, 5.74) is 2.24. The lowest BCUT2D eigenvalue weighted by Crippen LogP contribution is -2.36. The van der Waals surface area contributed by atoms with Crippen LogP contribution in [0.4, 0.5) is 5.69 Å². The van der Waals surface area contributed by atoms with Crippen LogP contribution in [0, 0.1) is 0 Å². The van der Waals surface area contributed by atoms with Gasteiger partial charge >= 0.3 is 0 Å². The molecule has 6 heteroatoms. The highest BCUT2D eigenvalue weighted by Gasteiger charge is 2.32. The van der Waals surface area contributed by atoms with Gasteiger partial charge in [0.15, 0.2) is 12.4 Å². The van der Waals surface area contributed by atoms with Crippen molar-refractivity contribution in [1.29, 1.82) is 0 Å². The van der Waals surface area contributed by atoms with Crippen molar-refractivity contribution in [2.45, 2.75) is 31.7 Å². The van der Waals surface area contributed by atoms with Crippen molar-refractivity contribution in [2.24, 2.45) is 7.05 Å². The average molecular weight is 353 g/mol. The summed E-state index contributed by atoms with van der Waals surface area (Å²) in [7, 11) is 2.02. The van der Waals surface area contributed by atoms with Crippen molar-refractivity contribution in [3.8, 4) is 5.75 Å². The van der Waals surface area contributed by atoms with E-state index in [1.54, 1.807) is 18.2 Å². The minimum atomic E-state index is -0.196. The number of carbonyl (C=O) groups excluding carboxylic acids is 2. The molecule has 2 aliphatic heterocycles. The fourth-order valence-electron chi connectivity index (χ4n) is 3.92. The van der Waals surface area contributed by atoms with Gasteiger partial charge in [-0.3, -0.25) is 9.59 Å². The van der Waals surface area contributed by atoms with Gasteiger partial charge in [0.1, 0.15) is 0 Å². The summed E-state index contributed by atoms with van der Waals surface area (Å²) in [6.07, 6.45) is 6.21. The lowest BCUT2D eigenvalue weighted by atomic mass is 10.0. The predicted molar refractivity (Wildman–Crippen MR) is 98.2 cm³/mol. The third kappa shape index (κ3) is 2.96. The van der Waals surface area contributed by atoms with Crippen LogP contribution >= 0.6 is 0 Å². The van der Waals surface area contributed by atoms with E-state index in [1.807, 2.05) is 24.2 Å². The molecule has 2 aliphatic rings. The standard InChI is InChI=1S/C20H23N3O3/c1-22-11-6-10-16(22)17-9-3-2-4-12-23(17)20(25)14-7-5-8-15-19(14)26-13-18(24)21-15/h5-8,10-11,17H,2-4,9,12-13H2,1H3,(H,21,24). The molecule has 3 heterocycles. The minimum Gasteiger partial charge on any atom is -0.481 e. The van der Waals surface area contributed by atoms with Crippen LogP contribution in [0.2, 0.25) is 0 Å². The number of rotatable bonds is 2. The van der Waals surface area contributed by atoms with Gasteiger partial charge in [0.2, 0.25) is 0 Å². The second kappa shape index (κ2) is 6.86. The Balaban J connectivity index is 1.71. The van der Waals surface area contributed by atoms with E-state index in [0.29, 0.717) is 17.0 Å². The number of ether oxygens (including phenoxy) is 1. The Hall–Kier alpha value is -2.76. The topological polar surface area (TPSA) is 63.6 Å². The molecule has 1 unspecified atom stereocenters. The molecule has 2 amide bonds. The maximum absolute atomic E-state index is 13.4. The monoisotopic (exact) mass is 353 g/mol. The highest BCUT2D eigenvalue weighted by Crippen LogP contribution is 2.36. The number of para-hydroxylation sites is 1. The Morgan fingerprint density at radius 1 is 1.19 bits per heavy atom. The van der Waals surface area contributed by atoms with Gasteiger partial charge in [0, 0.05) is 25.5 Å². The lowest BCUT2D eigenvalue weighted by Gasteiger charge is -2.32. The zero-order chi connectivity index (χ0) is 18.1. The van der Waals surface area contributed by atoms with Crippen molar-refractivity contribution < 1.29 is 14.3 Å². The van der Waals surface area contributed by atoms with E-state index < -0.39 is 0 Å². The lowest BCUT2D eigenvalue weighted by molar-refractivity contribution is -0.118. The summed E-state index contributed by atoms with van der Waals surface area (Å²) >= 11 is 0. The Morgan fingerprint density at radius 2 is 2.08 bits per heavy atom. The summed E-state index contributed by atoms with van der Waals surface area (Å²) in [5.74, 6) is 0.247. The molecule has 1 aromatic carbocycles. The molecule has 1 atom stereocenters. The van der Waals surface area contributed by atoms with E-state index in [4.69, 9.17) is 4.74 Å². The van der Waals surface area contributed by atoms with Crippen LogP contribution in [-0.2, 0) is 11.8 Å². The van der Waals surface area contributed by atoms with Gasteiger partial charge in [0.05, 0.1) is 17.3 Å². The molecule has 0 aliphatic carbocycles. The number of fused-ring (bicyclic) bond motifs is 1. The molecule has 4 rings (SSSR count). The summed E-state index contributed by atoms with van der Waals surface area (Å²) in [5, 5.41) is 2.78. The maximum atomic E-state index is 13.4. The number of nitrogens with zero attached hydrogens (tertiary/aromatic N) is 2. The molecule has 26 heavy (non-hydrogen) atoms. The Morgan fingerprint density at radius 3 is 2.88 bits per heavy atom. The normalized spacial score (nSPS) is 20.0. The maximum Gasteiger partial charge on any atom is 0.262 e. The third-order valence-electron chi connectivity index (χ3n) is 5.21. The highest BCUT2D eigenvalue weighted by atomic mass is 16.5. The molecule has 136 valence electrons. The van der Waals surface area contributed by atoms with E-state index >= 15 is 0 Å². The number of aromatic nitrogens is 1. The van der Waals surface area contributed by atoms with Crippen molar-refractivity contribution in [1.82, 2.24) is 9.47 Å². The number of anilines is 1. The van der Waals surface area contributed by atoms with E-state index in [1.165, 1.54) is 0 Å². The first-order valence-corrected chi connectivity index (χ1v) is 9.13. The SMILES string of the molecule is Cn1cccc1C1CCCCCN1C(=O)c1cccc2c1OCC(=O)N2. The van der Waals surface area contributed by atoms with Gasteiger partial charge in [0.25, 0.3) is 11.8 Å². The summed E-state index contributed by atoms with van der Waals surface area (Å²) in [6.45, 7) is 0.670. The van der Waals surface area contributed by atoms with Crippen molar-refractivity contribution >= 4 is 17.5 Å².